The lowest BCUT2D eigenvalue weighted by Crippen LogP contribution is -2.07. The maximum Gasteiger partial charge on any atom is 0.133 e. The first-order valence-corrected chi connectivity index (χ1v) is 8.28. The van der Waals surface area contributed by atoms with Gasteiger partial charge < -0.3 is 9.84 Å². The van der Waals surface area contributed by atoms with Gasteiger partial charge in [0.1, 0.15) is 5.75 Å². The van der Waals surface area contributed by atoms with Gasteiger partial charge in [-0.1, -0.05) is 13.0 Å². The van der Waals surface area contributed by atoms with E-state index >= 15 is 0 Å². The average molecular weight is 418 g/mol. The zero-order chi connectivity index (χ0) is 15.6. The first-order chi connectivity index (χ1) is 9.97. The standard InChI is InChI=1S/C15H18Br2N2O2/c1-4-11-15(17)12(19(2)18-11)8-13(20)9-5-6-14(21-3)10(16)7-9/h5-7,13,20H,4,8H2,1-3H3. The lowest BCUT2D eigenvalue weighted by molar-refractivity contribution is 0.175. The fraction of sp³-hybridized carbons (Fsp3) is 0.400. The summed E-state index contributed by atoms with van der Waals surface area (Å²) in [6.45, 7) is 2.06. The number of hydrogen-bond acceptors (Lipinski definition) is 3. The van der Waals surface area contributed by atoms with Crippen molar-refractivity contribution in [1.29, 1.82) is 0 Å². The zero-order valence-corrected chi connectivity index (χ0v) is 15.4. The summed E-state index contributed by atoms with van der Waals surface area (Å²) in [5, 5.41) is 14.9. The summed E-state index contributed by atoms with van der Waals surface area (Å²) in [5.74, 6) is 0.751. The van der Waals surface area contributed by atoms with Gasteiger partial charge in [-0.25, -0.2) is 0 Å². The van der Waals surface area contributed by atoms with E-state index in [0.29, 0.717) is 6.42 Å². The monoisotopic (exact) mass is 416 g/mol. The van der Waals surface area contributed by atoms with Gasteiger partial charge in [-0.3, -0.25) is 4.68 Å². The Bertz CT molecular complexity index is 641. The zero-order valence-electron chi connectivity index (χ0n) is 12.2. The van der Waals surface area contributed by atoms with Crippen LogP contribution in [0.4, 0.5) is 0 Å². The molecule has 1 aromatic heterocycles. The quantitative estimate of drug-likeness (QED) is 0.804. The Hall–Kier alpha value is -0.850. The molecule has 1 aromatic carbocycles. The van der Waals surface area contributed by atoms with Crippen LogP contribution in [-0.2, 0) is 19.9 Å². The highest BCUT2D eigenvalue weighted by atomic mass is 79.9. The molecule has 1 N–H and O–H groups in total. The molecule has 0 saturated heterocycles. The van der Waals surface area contributed by atoms with Crippen LogP contribution in [0, 0.1) is 0 Å². The Morgan fingerprint density at radius 3 is 2.62 bits per heavy atom. The SMILES string of the molecule is CCc1nn(C)c(CC(O)c2ccc(OC)c(Br)c2)c1Br. The molecule has 0 aliphatic carbocycles. The number of benzene rings is 1. The van der Waals surface area contributed by atoms with Crippen molar-refractivity contribution in [3.63, 3.8) is 0 Å². The normalized spacial score (nSPS) is 12.5. The maximum absolute atomic E-state index is 10.5. The van der Waals surface area contributed by atoms with E-state index in [9.17, 15) is 5.11 Å². The molecule has 6 heteroatoms. The average Bonchev–Trinajstić information content (AvgIpc) is 2.74. The highest BCUT2D eigenvalue weighted by molar-refractivity contribution is 9.10. The lowest BCUT2D eigenvalue weighted by atomic mass is 10.0. The highest BCUT2D eigenvalue weighted by Gasteiger charge is 2.18. The molecule has 0 saturated carbocycles. The molecule has 0 aliphatic rings. The number of nitrogens with zero attached hydrogens (tertiary/aromatic N) is 2. The van der Waals surface area contributed by atoms with E-state index in [4.69, 9.17) is 4.74 Å². The van der Waals surface area contributed by atoms with Crippen molar-refractivity contribution in [3.05, 3.63) is 44.1 Å². The van der Waals surface area contributed by atoms with E-state index in [0.717, 1.165) is 38.1 Å². The number of methoxy groups -OCH3 is 1. The second kappa shape index (κ2) is 6.94. The number of aliphatic hydroxyl groups is 1. The lowest BCUT2D eigenvalue weighted by Gasteiger charge is -2.13. The van der Waals surface area contributed by atoms with Gasteiger partial charge in [-0.05, 0) is 56.0 Å². The Labute approximate surface area is 141 Å². The second-order valence-corrected chi connectivity index (χ2v) is 6.45. The summed E-state index contributed by atoms with van der Waals surface area (Å²) in [4.78, 5) is 0. The van der Waals surface area contributed by atoms with Crippen molar-refractivity contribution in [2.45, 2.75) is 25.9 Å². The van der Waals surface area contributed by atoms with E-state index in [-0.39, 0.29) is 0 Å². The van der Waals surface area contributed by atoms with Gasteiger partial charge in [0.2, 0.25) is 0 Å². The summed E-state index contributed by atoms with van der Waals surface area (Å²) >= 11 is 7.02. The minimum atomic E-state index is -0.594. The van der Waals surface area contributed by atoms with Gasteiger partial charge in [-0.2, -0.15) is 5.10 Å². The summed E-state index contributed by atoms with van der Waals surface area (Å²) in [7, 11) is 3.52. The van der Waals surface area contributed by atoms with Crippen LogP contribution in [-0.4, -0.2) is 22.0 Å². The van der Waals surface area contributed by atoms with E-state index in [1.807, 2.05) is 29.9 Å². The van der Waals surface area contributed by atoms with Crippen LogP contribution >= 0.6 is 31.9 Å². The highest BCUT2D eigenvalue weighted by Crippen LogP contribution is 2.31. The topological polar surface area (TPSA) is 47.3 Å². The molecule has 0 radical (unpaired) electrons. The Morgan fingerprint density at radius 1 is 1.38 bits per heavy atom. The first kappa shape index (κ1) is 16.5. The van der Waals surface area contributed by atoms with Crippen molar-refractivity contribution >= 4 is 31.9 Å². The van der Waals surface area contributed by atoms with Crippen molar-refractivity contribution < 1.29 is 9.84 Å². The molecule has 4 nitrogen and oxygen atoms in total. The molecule has 1 atom stereocenters. The van der Waals surface area contributed by atoms with Crippen molar-refractivity contribution in [3.8, 4) is 5.75 Å². The fourth-order valence-electron chi connectivity index (χ4n) is 2.23. The van der Waals surface area contributed by atoms with Crippen LogP contribution in [0.25, 0.3) is 0 Å². The van der Waals surface area contributed by atoms with Crippen molar-refractivity contribution in [1.82, 2.24) is 9.78 Å². The largest absolute Gasteiger partial charge is 0.496 e. The van der Waals surface area contributed by atoms with Gasteiger partial charge in [0, 0.05) is 13.5 Å². The molecule has 1 unspecified atom stereocenters. The summed E-state index contributed by atoms with van der Waals surface area (Å²) in [6, 6.07) is 5.60. The smallest absolute Gasteiger partial charge is 0.133 e. The van der Waals surface area contributed by atoms with Gasteiger partial charge in [-0.15, -0.1) is 0 Å². The number of halogens is 2. The van der Waals surface area contributed by atoms with Crippen LogP contribution in [0.1, 0.15) is 30.0 Å². The van der Waals surface area contributed by atoms with E-state index in [2.05, 4.69) is 43.9 Å². The number of aromatic nitrogens is 2. The predicted octanol–water partition coefficient (Wildman–Crippen LogP) is 3.79. The van der Waals surface area contributed by atoms with E-state index in [1.54, 1.807) is 7.11 Å². The molecular weight excluding hydrogens is 400 g/mol. The Balaban J connectivity index is 2.24. The van der Waals surface area contributed by atoms with Crippen LogP contribution in [0.5, 0.6) is 5.75 Å². The number of aliphatic hydroxyl groups excluding tert-OH is 1. The molecule has 21 heavy (non-hydrogen) atoms. The first-order valence-electron chi connectivity index (χ1n) is 6.69. The summed E-state index contributed by atoms with van der Waals surface area (Å²) in [6.07, 6.45) is 0.769. The van der Waals surface area contributed by atoms with Gasteiger partial charge in [0.05, 0.1) is 33.5 Å². The Kier molecular flexibility index (Phi) is 5.46. The van der Waals surface area contributed by atoms with Crippen LogP contribution in [0.15, 0.2) is 27.1 Å². The third kappa shape index (κ3) is 3.49. The molecule has 0 amide bonds. The molecule has 2 rings (SSSR count). The van der Waals surface area contributed by atoms with Crippen LogP contribution in [0.3, 0.4) is 0 Å². The number of hydrogen-bond donors (Lipinski definition) is 1. The number of aryl methyl sites for hydroxylation is 2. The molecule has 0 spiro atoms. The second-order valence-electron chi connectivity index (χ2n) is 4.80. The molecule has 1 heterocycles. The molecule has 0 aliphatic heterocycles. The van der Waals surface area contributed by atoms with Crippen LogP contribution in [0.2, 0.25) is 0 Å². The van der Waals surface area contributed by atoms with Crippen LogP contribution < -0.4 is 4.74 Å². The number of rotatable bonds is 5. The molecular formula is C15H18Br2N2O2. The third-order valence-corrected chi connectivity index (χ3v) is 4.99. The van der Waals surface area contributed by atoms with E-state index in [1.165, 1.54) is 0 Å². The van der Waals surface area contributed by atoms with Crippen molar-refractivity contribution in [2.24, 2.45) is 7.05 Å². The third-order valence-electron chi connectivity index (χ3n) is 3.45. The van der Waals surface area contributed by atoms with Crippen molar-refractivity contribution in [2.75, 3.05) is 7.11 Å². The minimum Gasteiger partial charge on any atom is -0.496 e. The maximum atomic E-state index is 10.5. The molecule has 0 bridgehead atoms. The summed E-state index contributed by atoms with van der Waals surface area (Å²) in [5.41, 5.74) is 2.84. The van der Waals surface area contributed by atoms with Gasteiger partial charge >= 0.3 is 0 Å². The number of ether oxygens (including phenoxy) is 1. The summed E-state index contributed by atoms with van der Waals surface area (Å²) < 4.78 is 8.85. The van der Waals surface area contributed by atoms with Gasteiger partial charge in [0.15, 0.2) is 0 Å². The predicted molar refractivity (Wildman–Crippen MR) is 89.6 cm³/mol. The molecule has 2 aromatic rings. The van der Waals surface area contributed by atoms with E-state index < -0.39 is 6.10 Å². The molecule has 114 valence electrons. The minimum absolute atomic E-state index is 0.503. The Morgan fingerprint density at radius 2 is 2.10 bits per heavy atom. The fourth-order valence-corrected chi connectivity index (χ4v) is 3.57. The van der Waals surface area contributed by atoms with Gasteiger partial charge in [0.25, 0.3) is 0 Å². The molecule has 0 fully saturated rings.